The highest BCUT2D eigenvalue weighted by atomic mass is 16.5. The Hall–Kier alpha value is -3.40. The summed E-state index contributed by atoms with van der Waals surface area (Å²) in [6.45, 7) is 0.737. The van der Waals surface area contributed by atoms with Gasteiger partial charge in [0.1, 0.15) is 6.04 Å². The number of rotatable bonds is 4. The lowest BCUT2D eigenvalue weighted by atomic mass is 10.0. The lowest BCUT2D eigenvalue weighted by Gasteiger charge is -2.13. The Kier molecular flexibility index (Phi) is 4.23. The zero-order valence-electron chi connectivity index (χ0n) is 14.3. The molecule has 0 bridgehead atoms. The van der Waals surface area contributed by atoms with Crippen molar-refractivity contribution in [2.75, 3.05) is 13.7 Å². The molecule has 1 aliphatic heterocycles. The van der Waals surface area contributed by atoms with Crippen LogP contribution in [0.3, 0.4) is 0 Å². The molecule has 4 rings (SSSR count). The third-order valence-corrected chi connectivity index (χ3v) is 4.51. The van der Waals surface area contributed by atoms with Crippen molar-refractivity contribution in [3.05, 3.63) is 48.4 Å². The van der Waals surface area contributed by atoms with Gasteiger partial charge in [-0.05, 0) is 42.7 Å². The fourth-order valence-corrected chi connectivity index (χ4v) is 3.24. The van der Waals surface area contributed by atoms with Crippen LogP contribution in [-0.2, 0) is 0 Å². The summed E-state index contributed by atoms with van der Waals surface area (Å²) < 4.78 is 10.8. The number of nitrogens with zero attached hydrogens (tertiary/aromatic N) is 5. The van der Waals surface area contributed by atoms with Crippen LogP contribution in [0.5, 0.6) is 5.88 Å². The molecular formula is C19H17N5O2. The van der Waals surface area contributed by atoms with Gasteiger partial charge in [0.2, 0.25) is 5.88 Å². The normalized spacial score (nSPS) is 16.5. The highest BCUT2D eigenvalue weighted by Crippen LogP contribution is 2.33. The molecule has 0 N–H and O–H groups in total. The predicted octanol–water partition coefficient (Wildman–Crippen LogP) is 3.43. The van der Waals surface area contributed by atoms with Gasteiger partial charge in [-0.3, -0.25) is 4.90 Å². The summed E-state index contributed by atoms with van der Waals surface area (Å²) in [5, 5.41) is 13.3. The third kappa shape index (κ3) is 2.86. The van der Waals surface area contributed by atoms with Gasteiger partial charge in [-0.25, -0.2) is 4.98 Å². The maximum absolute atomic E-state index is 9.21. The first-order chi connectivity index (χ1) is 12.8. The molecule has 0 amide bonds. The minimum atomic E-state index is -0.0981. The first-order valence-electron chi connectivity index (χ1n) is 8.40. The molecular weight excluding hydrogens is 330 g/mol. The lowest BCUT2D eigenvalue weighted by molar-refractivity contribution is 0.339. The summed E-state index contributed by atoms with van der Waals surface area (Å²) >= 11 is 0. The number of nitriles is 1. The van der Waals surface area contributed by atoms with Crippen LogP contribution in [0.25, 0.3) is 22.6 Å². The minimum Gasteiger partial charge on any atom is -0.481 e. The standard InChI is InChI=1S/C19H17N5O2/c1-25-19-15(7-3-9-21-19)13-5-2-6-14(11-13)18-22-17(23-26-18)16-8-4-10-24(16)12-20/h2-3,5-7,9,11,16H,4,8,10H2,1H3. The number of likely N-dealkylation sites (tertiary alicyclic amines) is 1. The van der Waals surface area contributed by atoms with Gasteiger partial charge in [-0.15, -0.1) is 0 Å². The fraction of sp³-hybridized carbons (Fsp3) is 0.263. The van der Waals surface area contributed by atoms with Gasteiger partial charge < -0.3 is 9.26 Å². The van der Waals surface area contributed by atoms with Gasteiger partial charge in [0.15, 0.2) is 12.0 Å². The Labute approximate surface area is 150 Å². The molecule has 7 nitrogen and oxygen atoms in total. The lowest BCUT2D eigenvalue weighted by Crippen LogP contribution is -2.17. The molecule has 3 heterocycles. The molecule has 0 aliphatic carbocycles. The van der Waals surface area contributed by atoms with E-state index in [1.165, 1.54) is 0 Å². The molecule has 1 aliphatic rings. The van der Waals surface area contributed by atoms with Crippen molar-refractivity contribution in [3.63, 3.8) is 0 Å². The number of hydrogen-bond acceptors (Lipinski definition) is 7. The summed E-state index contributed by atoms with van der Waals surface area (Å²) in [5.74, 6) is 1.56. The Balaban J connectivity index is 1.67. The Morgan fingerprint density at radius 1 is 1.27 bits per heavy atom. The smallest absolute Gasteiger partial charge is 0.258 e. The van der Waals surface area contributed by atoms with Gasteiger partial charge in [-0.2, -0.15) is 10.2 Å². The predicted molar refractivity (Wildman–Crippen MR) is 93.8 cm³/mol. The monoisotopic (exact) mass is 347 g/mol. The summed E-state index contributed by atoms with van der Waals surface area (Å²) in [4.78, 5) is 10.5. The van der Waals surface area contributed by atoms with E-state index < -0.39 is 0 Å². The molecule has 0 spiro atoms. The molecule has 7 heteroatoms. The second kappa shape index (κ2) is 6.84. The van der Waals surface area contributed by atoms with Crippen LogP contribution >= 0.6 is 0 Å². The highest BCUT2D eigenvalue weighted by Gasteiger charge is 2.29. The molecule has 1 atom stereocenters. The van der Waals surface area contributed by atoms with Gasteiger partial charge in [-0.1, -0.05) is 17.3 Å². The molecule has 130 valence electrons. The topological polar surface area (TPSA) is 88.1 Å². The fourth-order valence-electron chi connectivity index (χ4n) is 3.24. The van der Waals surface area contributed by atoms with E-state index in [-0.39, 0.29) is 6.04 Å². The summed E-state index contributed by atoms with van der Waals surface area (Å²) in [6.07, 6.45) is 5.71. The Bertz CT molecular complexity index is 962. The van der Waals surface area contributed by atoms with Crippen molar-refractivity contribution < 1.29 is 9.26 Å². The van der Waals surface area contributed by atoms with Crippen molar-refractivity contribution in [1.29, 1.82) is 5.26 Å². The van der Waals surface area contributed by atoms with E-state index in [0.29, 0.717) is 17.6 Å². The van der Waals surface area contributed by atoms with Gasteiger partial charge in [0, 0.05) is 23.9 Å². The number of pyridine rings is 1. The maximum atomic E-state index is 9.21. The van der Waals surface area contributed by atoms with E-state index in [0.717, 1.165) is 36.1 Å². The van der Waals surface area contributed by atoms with Crippen LogP contribution in [0, 0.1) is 11.5 Å². The zero-order chi connectivity index (χ0) is 17.9. The maximum Gasteiger partial charge on any atom is 0.258 e. The summed E-state index contributed by atoms with van der Waals surface area (Å²) in [7, 11) is 1.60. The minimum absolute atomic E-state index is 0.0981. The average Bonchev–Trinajstić information content (AvgIpc) is 3.37. The van der Waals surface area contributed by atoms with E-state index in [2.05, 4.69) is 21.3 Å². The molecule has 0 radical (unpaired) electrons. The van der Waals surface area contributed by atoms with Crippen molar-refractivity contribution in [3.8, 4) is 34.7 Å². The molecule has 1 unspecified atom stereocenters. The molecule has 1 aromatic carbocycles. The number of benzene rings is 1. The number of aromatic nitrogens is 3. The van der Waals surface area contributed by atoms with Gasteiger partial charge in [0.25, 0.3) is 5.89 Å². The quantitative estimate of drug-likeness (QED) is 0.668. The molecule has 1 fully saturated rings. The summed E-state index contributed by atoms with van der Waals surface area (Å²) in [6, 6.07) is 11.5. The number of methoxy groups -OCH3 is 1. The largest absolute Gasteiger partial charge is 0.481 e. The Morgan fingerprint density at radius 2 is 2.15 bits per heavy atom. The van der Waals surface area contributed by atoms with Crippen LogP contribution in [0.2, 0.25) is 0 Å². The second-order valence-corrected chi connectivity index (χ2v) is 6.05. The van der Waals surface area contributed by atoms with Crippen LogP contribution in [0.15, 0.2) is 47.1 Å². The highest BCUT2D eigenvalue weighted by molar-refractivity contribution is 5.73. The molecule has 3 aromatic rings. The molecule has 0 saturated carbocycles. The van der Waals surface area contributed by atoms with Gasteiger partial charge >= 0.3 is 0 Å². The van der Waals surface area contributed by atoms with Crippen LogP contribution in [-0.4, -0.2) is 33.7 Å². The van der Waals surface area contributed by atoms with E-state index in [1.807, 2.05) is 36.4 Å². The zero-order valence-corrected chi connectivity index (χ0v) is 14.3. The van der Waals surface area contributed by atoms with Crippen LogP contribution in [0.4, 0.5) is 0 Å². The first-order valence-corrected chi connectivity index (χ1v) is 8.40. The molecule has 2 aromatic heterocycles. The van der Waals surface area contributed by atoms with E-state index in [4.69, 9.17) is 9.26 Å². The average molecular weight is 347 g/mol. The molecule has 1 saturated heterocycles. The Morgan fingerprint density at radius 3 is 3.00 bits per heavy atom. The molecule has 26 heavy (non-hydrogen) atoms. The third-order valence-electron chi connectivity index (χ3n) is 4.51. The van der Waals surface area contributed by atoms with E-state index in [1.54, 1.807) is 18.2 Å². The second-order valence-electron chi connectivity index (χ2n) is 6.05. The van der Waals surface area contributed by atoms with E-state index >= 15 is 0 Å². The number of hydrogen-bond donors (Lipinski definition) is 0. The summed E-state index contributed by atoms with van der Waals surface area (Å²) in [5.41, 5.74) is 2.66. The van der Waals surface area contributed by atoms with Crippen LogP contribution < -0.4 is 4.74 Å². The van der Waals surface area contributed by atoms with Gasteiger partial charge in [0.05, 0.1) is 7.11 Å². The van der Waals surface area contributed by atoms with E-state index in [9.17, 15) is 5.26 Å². The SMILES string of the molecule is COc1ncccc1-c1cccc(-c2nc(C3CCCN3C#N)no2)c1. The van der Waals surface area contributed by atoms with Crippen molar-refractivity contribution in [1.82, 2.24) is 20.0 Å². The van der Waals surface area contributed by atoms with Crippen molar-refractivity contribution in [2.24, 2.45) is 0 Å². The van der Waals surface area contributed by atoms with Crippen LogP contribution in [0.1, 0.15) is 24.7 Å². The first kappa shape index (κ1) is 16.1. The number of ether oxygens (including phenoxy) is 1. The van der Waals surface area contributed by atoms with Crippen molar-refractivity contribution >= 4 is 0 Å². The van der Waals surface area contributed by atoms with Crippen molar-refractivity contribution in [2.45, 2.75) is 18.9 Å².